The van der Waals surface area contributed by atoms with E-state index >= 15 is 0 Å². The maximum Gasteiger partial charge on any atom is 0.134 e. The number of hydrogen-bond donors (Lipinski definition) is 2. The van der Waals surface area contributed by atoms with Gasteiger partial charge in [0.2, 0.25) is 0 Å². The fourth-order valence-corrected chi connectivity index (χ4v) is 5.72. The van der Waals surface area contributed by atoms with Gasteiger partial charge in [0.15, 0.2) is 0 Å². The summed E-state index contributed by atoms with van der Waals surface area (Å²) in [7, 11) is 0. The molecule has 2 N–H and O–H groups in total. The van der Waals surface area contributed by atoms with Gasteiger partial charge < -0.3 is 10.2 Å². The molecule has 0 saturated carbocycles. The van der Waals surface area contributed by atoms with Gasteiger partial charge in [0, 0.05) is 36.8 Å². The van der Waals surface area contributed by atoms with Gasteiger partial charge >= 0.3 is 0 Å². The van der Waals surface area contributed by atoms with Crippen molar-refractivity contribution in [2.24, 2.45) is 0 Å². The number of rotatable bonds is 6. The zero-order chi connectivity index (χ0) is 21.6. The summed E-state index contributed by atoms with van der Waals surface area (Å²) in [5.74, 6) is 0.734. The van der Waals surface area contributed by atoms with Gasteiger partial charge in [-0.15, -0.1) is 22.7 Å². The predicted molar refractivity (Wildman–Crippen MR) is 123 cm³/mol. The van der Waals surface area contributed by atoms with Crippen molar-refractivity contribution in [2.45, 2.75) is 52.4 Å². The van der Waals surface area contributed by atoms with Crippen LogP contribution in [-0.2, 0) is 4.79 Å². The van der Waals surface area contributed by atoms with E-state index in [2.05, 4.69) is 9.97 Å². The minimum atomic E-state index is 0.0273. The van der Waals surface area contributed by atoms with E-state index in [1.54, 1.807) is 34.8 Å². The molecule has 0 bridgehead atoms. The largest absolute Gasteiger partial charge is 0.508 e. The van der Waals surface area contributed by atoms with E-state index in [9.17, 15) is 15.0 Å². The molecule has 0 saturated heterocycles. The minimum Gasteiger partial charge on any atom is -0.508 e. The fraction of sp³-hybridized carbons (Fsp3) is 0.348. The highest BCUT2D eigenvalue weighted by Crippen LogP contribution is 2.35. The van der Waals surface area contributed by atoms with Crippen LogP contribution in [0.5, 0.6) is 11.5 Å². The predicted octanol–water partition coefficient (Wildman–Crippen LogP) is 6.19. The Morgan fingerprint density at radius 1 is 0.833 bits per heavy atom. The van der Waals surface area contributed by atoms with Crippen LogP contribution in [-0.4, -0.2) is 26.0 Å². The second-order valence-electron chi connectivity index (χ2n) is 8.07. The van der Waals surface area contributed by atoms with Crippen LogP contribution in [0.15, 0.2) is 24.3 Å². The summed E-state index contributed by atoms with van der Waals surface area (Å²) in [6.45, 7) is 7.78. The van der Waals surface area contributed by atoms with Gasteiger partial charge in [-0.3, -0.25) is 4.79 Å². The molecule has 0 aliphatic carbocycles. The molecule has 0 spiro atoms. The van der Waals surface area contributed by atoms with Crippen molar-refractivity contribution in [1.29, 1.82) is 0 Å². The first-order valence-corrected chi connectivity index (χ1v) is 11.6. The van der Waals surface area contributed by atoms with Gasteiger partial charge in [0.1, 0.15) is 17.3 Å². The van der Waals surface area contributed by atoms with Crippen molar-refractivity contribution >= 4 is 48.9 Å². The molecular formula is C23H24N2O3S2. The van der Waals surface area contributed by atoms with Crippen molar-refractivity contribution in [3.63, 3.8) is 0 Å². The van der Waals surface area contributed by atoms with Crippen LogP contribution in [0.3, 0.4) is 0 Å². The van der Waals surface area contributed by atoms with E-state index in [0.29, 0.717) is 12.8 Å². The lowest BCUT2D eigenvalue weighted by molar-refractivity contribution is -0.119. The quantitative estimate of drug-likeness (QED) is 0.373. The topological polar surface area (TPSA) is 83.3 Å². The molecule has 0 aliphatic heterocycles. The molecule has 2 unspecified atom stereocenters. The Balaban J connectivity index is 1.45. The van der Waals surface area contributed by atoms with Crippen LogP contribution >= 0.6 is 22.7 Å². The Labute approximate surface area is 183 Å². The number of ketones is 1. The van der Waals surface area contributed by atoms with Gasteiger partial charge in [-0.25, -0.2) is 9.97 Å². The van der Waals surface area contributed by atoms with Crippen molar-refractivity contribution < 1.29 is 15.0 Å². The third-order valence-corrected chi connectivity index (χ3v) is 7.86. The Morgan fingerprint density at radius 3 is 1.63 bits per heavy atom. The Morgan fingerprint density at radius 2 is 1.23 bits per heavy atom. The minimum absolute atomic E-state index is 0.0273. The SMILES string of the molecule is Cc1cc2sc(C(C)CC(=O)CC(C)c3nc4cc(O)c(C)cc4s3)nc2cc1O. The number of aryl methyl sites for hydroxylation is 2. The first kappa shape index (κ1) is 20.8. The molecule has 0 fully saturated rings. The second-order valence-corrected chi connectivity index (χ2v) is 10.2. The summed E-state index contributed by atoms with van der Waals surface area (Å²) in [6.07, 6.45) is 0.861. The third-order valence-electron chi connectivity index (χ3n) is 5.36. The monoisotopic (exact) mass is 440 g/mol. The Kier molecular flexibility index (Phi) is 5.51. The number of Topliss-reactive ketones (excluding diaryl/α,β-unsaturated/α-hetero) is 1. The molecule has 0 amide bonds. The lowest BCUT2D eigenvalue weighted by Gasteiger charge is -2.10. The molecule has 7 heteroatoms. The number of phenols is 2. The average Bonchev–Trinajstić information content (AvgIpc) is 3.26. The summed E-state index contributed by atoms with van der Waals surface area (Å²) in [6, 6.07) is 7.26. The van der Waals surface area contributed by atoms with Crippen molar-refractivity contribution in [2.75, 3.05) is 0 Å². The molecule has 0 aliphatic rings. The average molecular weight is 441 g/mol. The molecule has 156 valence electrons. The van der Waals surface area contributed by atoms with Gasteiger partial charge in [0.25, 0.3) is 0 Å². The number of fused-ring (bicyclic) bond motifs is 2. The first-order valence-electron chi connectivity index (χ1n) is 9.93. The number of hydrogen-bond acceptors (Lipinski definition) is 7. The van der Waals surface area contributed by atoms with Gasteiger partial charge in [-0.05, 0) is 37.1 Å². The highest BCUT2D eigenvalue weighted by molar-refractivity contribution is 7.19. The maximum atomic E-state index is 12.7. The molecule has 2 aromatic carbocycles. The number of aromatic nitrogens is 2. The van der Waals surface area contributed by atoms with Gasteiger partial charge in [0.05, 0.1) is 30.4 Å². The number of phenolic OH excluding ortho intramolecular Hbond substituents is 2. The molecule has 4 aromatic rings. The number of thiazole rings is 2. The highest BCUT2D eigenvalue weighted by Gasteiger charge is 2.20. The van der Waals surface area contributed by atoms with E-state index in [1.165, 1.54) is 0 Å². The molecule has 2 aromatic heterocycles. The molecule has 0 radical (unpaired) electrons. The Bertz CT molecular complexity index is 1080. The van der Waals surface area contributed by atoms with E-state index in [0.717, 1.165) is 41.6 Å². The lowest BCUT2D eigenvalue weighted by atomic mass is 9.98. The fourth-order valence-electron chi connectivity index (χ4n) is 3.53. The van der Waals surface area contributed by atoms with Crippen LogP contribution in [0, 0.1) is 13.8 Å². The van der Waals surface area contributed by atoms with Crippen molar-refractivity contribution in [3.8, 4) is 11.5 Å². The van der Waals surface area contributed by atoms with Crippen molar-refractivity contribution in [3.05, 3.63) is 45.4 Å². The van der Waals surface area contributed by atoms with Crippen LogP contribution < -0.4 is 0 Å². The standard InChI is InChI=1S/C23H24N2O3S2/c1-11-7-20-16(9-18(11)27)24-22(29-20)13(3)5-15(26)6-14(4)23-25-17-10-19(28)12(2)8-21(17)30-23/h7-10,13-14,27-28H,5-6H2,1-4H3. The molecule has 2 heterocycles. The first-order chi connectivity index (χ1) is 14.2. The second kappa shape index (κ2) is 7.96. The number of nitrogens with zero attached hydrogens (tertiary/aromatic N) is 2. The number of aromatic hydroxyl groups is 2. The Hall–Kier alpha value is -2.51. The van der Waals surface area contributed by atoms with Gasteiger partial charge in [-0.2, -0.15) is 0 Å². The molecule has 4 rings (SSSR count). The zero-order valence-corrected chi connectivity index (χ0v) is 19.0. The summed E-state index contributed by atoms with van der Waals surface area (Å²) in [4.78, 5) is 22.0. The van der Waals surface area contributed by atoms with Crippen LogP contribution in [0.1, 0.15) is 59.7 Å². The zero-order valence-electron chi connectivity index (χ0n) is 17.4. The van der Waals surface area contributed by atoms with Crippen molar-refractivity contribution in [1.82, 2.24) is 9.97 Å². The van der Waals surface area contributed by atoms with Crippen LogP contribution in [0.2, 0.25) is 0 Å². The summed E-state index contributed by atoms with van der Waals surface area (Å²) in [5, 5.41) is 21.6. The summed E-state index contributed by atoms with van der Waals surface area (Å²) < 4.78 is 2.06. The molecule has 30 heavy (non-hydrogen) atoms. The highest BCUT2D eigenvalue weighted by atomic mass is 32.1. The van der Waals surface area contributed by atoms with E-state index in [1.807, 2.05) is 39.8 Å². The van der Waals surface area contributed by atoms with E-state index < -0.39 is 0 Å². The number of carbonyl (C=O) groups excluding carboxylic acids is 1. The molecule has 5 nitrogen and oxygen atoms in total. The lowest BCUT2D eigenvalue weighted by Crippen LogP contribution is -2.08. The smallest absolute Gasteiger partial charge is 0.134 e. The van der Waals surface area contributed by atoms with Gasteiger partial charge in [-0.1, -0.05) is 13.8 Å². The summed E-state index contributed by atoms with van der Waals surface area (Å²) >= 11 is 3.17. The molecular weight excluding hydrogens is 416 g/mol. The summed E-state index contributed by atoms with van der Waals surface area (Å²) in [5.41, 5.74) is 3.21. The van der Waals surface area contributed by atoms with E-state index in [4.69, 9.17) is 0 Å². The number of benzene rings is 2. The molecule has 2 atom stereocenters. The maximum absolute atomic E-state index is 12.7. The number of carbonyl (C=O) groups is 1. The van der Waals surface area contributed by atoms with E-state index in [-0.39, 0.29) is 29.1 Å². The van der Waals surface area contributed by atoms with Crippen LogP contribution in [0.4, 0.5) is 0 Å². The third kappa shape index (κ3) is 4.04. The van der Waals surface area contributed by atoms with Crippen LogP contribution in [0.25, 0.3) is 20.4 Å². The normalized spacial score (nSPS) is 13.7.